The van der Waals surface area contributed by atoms with E-state index >= 15 is 0 Å². The lowest BCUT2D eigenvalue weighted by molar-refractivity contribution is 0.132. The SMILES string of the molecule is COC(=O)NC[C@H]1CN(c2ccc3c(c2)COC(=O)N3C)C(=O)O1. The van der Waals surface area contributed by atoms with Gasteiger partial charge in [-0.25, -0.2) is 14.4 Å². The Kier molecular flexibility index (Phi) is 4.15. The fourth-order valence-electron chi connectivity index (χ4n) is 2.63. The van der Waals surface area contributed by atoms with Crippen LogP contribution in [0.25, 0.3) is 0 Å². The third kappa shape index (κ3) is 2.92. The molecule has 128 valence electrons. The topological polar surface area (TPSA) is 97.4 Å². The standard InChI is InChI=1S/C15H17N3O6/c1-17-12-4-3-10(5-9(12)8-23-14(17)20)18-7-11(24-15(18)21)6-16-13(19)22-2/h3-5,11H,6-8H2,1-2H3,(H,16,19)/t11-/m0/s1. The van der Waals surface area contributed by atoms with Crippen molar-refractivity contribution >= 4 is 29.7 Å². The Hall–Kier alpha value is -2.97. The van der Waals surface area contributed by atoms with Crippen LogP contribution in [0.2, 0.25) is 0 Å². The first-order chi connectivity index (χ1) is 11.5. The molecule has 0 aromatic heterocycles. The van der Waals surface area contributed by atoms with E-state index in [1.165, 1.54) is 16.9 Å². The molecule has 2 aliphatic rings. The van der Waals surface area contributed by atoms with E-state index in [-0.39, 0.29) is 13.2 Å². The summed E-state index contributed by atoms with van der Waals surface area (Å²) in [6.45, 7) is 0.625. The van der Waals surface area contributed by atoms with E-state index in [4.69, 9.17) is 9.47 Å². The van der Waals surface area contributed by atoms with Gasteiger partial charge in [-0.3, -0.25) is 9.80 Å². The van der Waals surface area contributed by atoms with Crippen molar-refractivity contribution in [3.8, 4) is 0 Å². The van der Waals surface area contributed by atoms with Gasteiger partial charge in [-0.15, -0.1) is 0 Å². The molecule has 0 saturated carbocycles. The monoisotopic (exact) mass is 335 g/mol. The number of nitrogens with one attached hydrogen (secondary N) is 1. The number of carbonyl (C=O) groups excluding carboxylic acids is 3. The molecule has 1 aromatic rings. The summed E-state index contributed by atoms with van der Waals surface area (Å²) in [6, 6.07) is 5.29. The number of anilines is 2. The molecular formula is C15H17N3O6. The number of hydrogen-bond donors (Lipinski definition) is 1. The van der Waals surface area contributed by atoms with Gasteiger partial charge in [-0.2, -0.15) is 0 Å². The molecule has 1 saturated heterocycles. The predicted octanol–water partition coefficient (Wildman–Crippen LogP) is 1.45. The Labute approximate surface area is 138 Å². The van der Waals surface area contributed by atoms with Gasteiger partial charge in [0.15, 0.2) is 0 Å². The molecule has 1 aromatic carbocycles. The van der Waals surface area contributed by atoms with E-state index in [0.29, 0.717) is 12.2 Å². The predicted molar refractivity (Wildman–Crippen MR) is 83.1 cm³/mol. The van der Waals surface area contributed by atoms with Crippen LogP contribution in [0.3, 0.4) is 0 Å². The van der Waals surface area contributed by atoms with Gasteiger partial charge in [0, 0.05) is 18.3 Å². The Balaban J connectivity index is 1.72. The summed E-state index contributed by atoms with van der Waals surface area (Å²) in [5.41, 5.74) is 2.19. The van der Waals surface area contributed by atoms with E-state index in [9.17, 15) is 14.4 Å². The largest absolute Gasteiger partial charge is 0.453 e. The van der Waals surface area contributed by atoms with Crippen molar-refractivity contribution in [1.29, 1.82) is 0 Å². The van der Waals surface area contributed by atoms with E-state index in [1.54, 1.807) is 25.2 Å². The second-order valence-electron chi connectivity index (χ2n) is 5.42. The van der Waals surface area contributed by atoms with E-state index in [0.717, 1.165) is 11.3 Å². The van der Waals surface area contributed by atoms with Crippen molar-refractivity contribution in [3.63, 3.8) is 0 Å². The summed E-state index contributed by atoms with van der Waals surface area (Å²) in [5.74, 6) is 0. The zero-order valence-corrected chi connectivity index (χ0v) is 13.3. The van der Waals surface area contributed by atoms with Crippen molar-refractivity contribution < 1.29 is 28.6 Å². The molecule has 0 spiro atoms. The second kappa shape index (κ2) is 6.26. The summed E-state index contributed by atoms with van der Waals surface area (Å²) in [4.78, 5) is 37.5. The molecule has 2 heterocycles. The van der Waals surface area contributed by atoms with Gasteiger partial charge >= 0.3 is 18.3 Å². The highest BCUT2D eigenvalue weighted by Gasteiger charge is 2.33. The molecule has 9 heteroatoms. The number of rotatable bonds is 3. The van der Waals surface area contributed by atoms with Crippen LogP contribution < -0.4 is 15.1 Å². The van der Waals surface area contributed by atoms with Crippen LogP contribution in [-0.4, -0.2) is 51.6 Å². The number of nitrogens with zero attached hydrogens (tertiary/aromatic N) is 2. The fourth-order valence-corrected chi connectivity index (χ4v) is 2.63. The van der Waals surface area contributed by atoms with Crippen LogP contribution in [0.15, 0.2) is 18.2 Å². The van der Waals surface area contributed by atoms with Crippen molar-refractivity contribution in [3.05, 3.63) is 23.8 Å². The van der Waals surface area contributed by atoms with Crippen LogP contribution in [-0.2, 0) is 20.8 Å². The first kappa shape index (κ1) is 15.9. The number of alkyl carbamates (subject to hydrolysis) is 1. The number of methoxy groups -OCH3 is 1. The third-order valence-electron chi connectivity index (χ3n) is 3.89. The molecule has 9 nitrogen and oxygen atoms in total. The van der Waals surface area contributed by atoms with E-state index < -0.39 is 24.4 Å². The highest BCUT2D eigenvalue weighted by molar-refractivity contribution is 5.93. The molecule has 1 atom stereocenters. The molecule has 1 fully saturated rings. The number of ether oxygens (including phenoxy) is 3. The van der Waals surface area contributed by atoms with Crippen LogP contribution >= 0.6 is 0 Å². The Morgan fingerprint density at radius 2 is 2.17 bits per heavy atom. The summed E-state index contributed by atoms with van der Waals surface area (Å²) in [6.07, 6.45) is -1.95. The van der Waals surface area contributed by atoms with Gasteiger partial charge in [0.1, 0.15) is 12.7 Å². The van der Waals surface area contributed by atoms with E-state index in [1.807, 2.05) is 0 Å². The zero-order chi connectivity index (χ0) is 17.3. The Morgan fingerprint density at radius 3 is 2.92 bits per heavy atom. The maximum Gasteiger partial charge on any atom is 0.414 e. The highest BCUT2D eigenvalue weighted by Crippen LogP contribution is 2.31. The van der Waals surface area contributed by atoms with E-state index in [2.05, 4.69) is 10.1 Å². The lowest BCUT2D eigenvalue weighted by Gasteiger charge is -2.26. The van der Waals surface area contributed by atoms with Crippen molar-refractivity contribution in [2.45, 2.75) is 12.7 Å². The number of benzene rings is 1. The molecule has 3 rings (SSSR count). The quantitative estimate of drug-likeness (QED) is 0.840. The van der Waals surface area contributed by atoms with Crippen LogP contribution in [0.1, 0.15) is 5.56 Å². The van der Waals surface area contributed by atoms with Crippen molar-refractivity contribution in [2.75, 3.05) is 37.0 Å². The van der Waals surface area contributed by atoms with Crippen LogP contribution in [0.5, 0.6) is 0 Å². The number of hydrogen-bond acceptors (Lipinski definition) is 6. The molecule has 0 aliphatic carbocycles. The molecule has 2 aliphatic heterocycles. The minimum atomic E-state index is -0.580. The zero-order valence-electron chi connectivity index (χ0n) is 13.3. The Bertz CT molecular complexity index is 692. The van der Waals surface area contributed by atoms with Gasteiger partial charge in [0.05, 0.1) is 25.9 Å². The lowest BCUT2D eigenvalue weighted by atomic mass is 10.1. The van der Waals surface area contributed by atoms with Crippen LogP contribution in [0, 0.1) is 0 Å². The van der Waals surface area contributed by atoms with Gasteiger partial charge in [0.2, 0.25) is 0 Å². The minimum Gasteiger partial charge on any atom is -0.453 e. The molecule has 0 radical (unpaired) electrons. The maximum absolute atomic E-state index is 12.0. The maximum atomic E-state index is 12.0. The number of carbonyl (C=O) groups is 3. The van der Waals surface area contributed by atoms with Gasteiger partial charge in [-0.05, 0) is 18.2 Å². The summed E-state index contributed by atoms with van der Waals surface area (Å²) < 4.78 is 14.8. The first-order valence-corrected chi connectivity index (χ1v) is 7.33. The minimum absolute atomic E-state index is 0.155. The lowest BCUT2D eigenvalue weighted by Crippen LogP contribution is -2.34. The Morgan fingerprint density at radius 1 is 1.38 bits per heavy atom. The first-order valence-electron chi connectivity index (χ1n) is 7.33. The highest BCUT2D eigenvalue weighted by atomic mass is 16.6. The smallest absolute Gasteiger partial charge is 0.414 e. The molecular weight excluding hydrogens is 318 g/mol. The molecule has 0 bridgehead atoms. The average molecular weight is 335 g/mol. The summed E-state index contributed by atoms with van der Waals surface area (Å²) in [7, 11) is 2.89. The third-order valence-corrected chi connectivity index (χ3v) is 3.89. The summed E-state index contributed by atoms with van der Waals surface area (Å²) >= 11 is 0. The molecule has 0 unspecified atom stereocenters. The molecule has 3 amide bonds. The molecule has 1 N–H and O–H groups in total. The normalized spacial score (nSPS) is 19.5. The summed E-state index contributed by atoms with van der Waals surface area (Å²) in [5, 5.41) is 2.50. The number of amides is 3. The second-order valence-corrected chi connectivity index (χ2v) is 5.42. The average Bonchev–Trinajstić information content (AvgIpc) is 2.96. The van der Waals surface area contributed by atoms with Gasteiger partial charge in [0.25, 0.3) is 0 Å². The number of fused-ring (bicyclic) bond motifs is 1. The fraction of sp³-hybridized carbons (Fsp3) is 0.400. The van der Waals surface area contributed by atoms with Crippen molar-refractivity contribution in [2.24, 2.45) is 0 Å². The van der Waals surface area contributed by atoms with Crippen LogP contribution in [0.4, 0.5) is 25.8 Å². The molecule has 24 heavy (non-hydrogen) atoms. The van der Waals surface area contributed by atoms with Gasteiger partial charge < -0.3 is 19.5 Å². The van der Waals surface area contributed by atoms with Gasteiger partial charge in [-0.1, -0.05) is 0 Å². The number of cyclic esters (lactones) is 2. The van der Waals surface area contributed by atoms with Crippen molar-refractivity contribution in [1.82, 2.24) is 5.32 Å².